The highest BCUT2D eigenvalue weighted by Gasteiger charge is 2.41. The van der Waals surface area contributed by atoms with Gasteiger partial charge in [0, 0.05) is 12.0 Å². The van der Waals surface area contributed by atoms with Crippen LogP contribution in [-0.2, 0) is 15.0 Å². The molecular formula is C17H21NO5. The molecule has 1 aliphatic carbocycles. The SMILES string of the molecule is CC(C)(CNC(=O)C1CCC1C(=O)O)c1ccc2c(c1)OCO2. The normalized spacial score (nSPS) is 22.3. The van der Waals surface area contributed by atoms with Crippen LogP contribution in [0.5, 0.6) is 11.5 Å². The van der Waals surface area contributed by atoms with E-state index in [0.717, 1.165) is 11.3 Å². The van der Waals surface area contributed by atoms with Crippen molar-refractivity contribution < 1.29 is 24.2 Å². The van der Waals surface area contributed by atoms with Crippen molar-refractivity contribution in [1.29, 1.82) is 0 Å². The summed E-state index contributed by atoms with van der Waals surface area (Å²) in [4.78, 5) is 23.2. The molecule has 6 heteroatoms. The minimum Gasteiger partial charge on any atom is -0.481 e. The molecule has 2 aliphatic rings. The van der Waals surface area contributed by atoms with Gasteiger partial charge in [-0.15, -0.1) is 0 Å². The molecule has 0 aromatic heterocycles. The van der Waals surface area contributed by atoms with Crippen LogP contribution in [0.15, 0.2) is 18.2 Å². The molecule has 2 unspecified atom stereocenters. The van der Waals surface area contributed by atoms with Crippen molar-refractivity contribution in [3.05, 3.63) is 23.8 Å². The Morgan fingerprint density at radius 2 is 1.91 bits per heavy atom. The van der Waals surface area contributed by atoms with Gasteiger partial charge in [-0.2, -0.15) is 0 Å². The van der Waals surface area contributed by atoms with E-state index >= 15 is 0 Å². The fourth-order valence-electron chi connectivity index (χ4n) is 2.97. The van der Waals surface area contributed by atoms with E-state index in [-0.39, 0.29) is 18.1 Å². The van der Waals surface area contributed by atoms with Crippen LogP contribution in [0.25, 0.3) is 0 Å². The zero-order chi connectivity index (χ0) is 16.6. The van der Waals surface area contributed by atoms with Crippen molar-refractivity contribution >= 4 is 11.9 Å². The van der Waals surface area contributed by atoms with E-state index in [0.29, 0.717) is 25.1 Å². The number of rotatable bonds is 5. The largest absolute Gasteiger partial charge is 0.481 e. The van der Waals surface area contributed by atoms with Gasteiger partial charge in [0.05, 0.1) is 11.8 Å². The third-order valence-corrected chi connectivity index (χ3v) is 4.79. The first-order valence-electron chi connectivity index (χ1n) is 7.79. The van der Waals surface area contributed by atoms with Crippen LogP contribution >= 0.6 is 0 Å². The molecule has 124 valence electrons. The summed E-state index contributed by atoms with van der Waals surface area (Å²) in [5.74, 6) is -0.549. The van der Waals surface area contributed by atoms with Gasteiger partial charge in [0.1, 0.15) is 0 Å². The Labute approximate surface area is 134 Å². The standard InChI is InChI=1S/C17H21NO5/c1-17(2,10-3-6-13-14(7-10)23-9-22-13)8-18-15(19)11-4-5-12(11)16(20)21/h3,6-7,11-12H,4-5,8-9H2,1-2H3,(H,18,19)(H,20,21). The summed E-state index contributed by atoms with van der Waals surface area (Å²) >= 11 is 0. The number of hydrogen-bond acceptors (Lipinski definition) is 4. The molecule has 2 N–H and O–H groups in total. The highest BCUT2D eigenvalue weighted by atomic mass is 16.7. The van der Waals surface area contributed by atoms with Crippen LogP contribution in [0.3, 0.4) is 0 Å². The predicted molar refractivity (Wildman–Crippen MR) is 82.5 cm³/mol. The van der Waals surface area contributed by atoms with Crippen LogP contribution < -0.4 is 14.8 Å². The van der Waals surface area contributed by atoms with E-state index in [1.165, 1.54) is 0 Å². The highest BCUT2D eigenvalue weighted by molar-refractivity contribution is 5.86. The summed E-state index contributed by atoms with van der Waals surface area (Å²) in [5.41, 5.74) is 0.740. The van der Waals surface area contributed by atoms with Gasteiger partial charge in [0.15, 0.2) is 11.5 Å². The Bertz CT molecular complexity index is 640. The Balaban J connectivity index is 1.62. The van der Waals surface area contributed by atoms with Crippen LogP contribution in [-0.4, -0.2) is 30.3 Å². The van der Waals surface area contributed by atoms with E-state index in [1.54, 1.807) is 0 Å². The number of carboxylic acids is 1. The number of hydrogen-bond donors (Lipinski definition) is 2. The first kappa shape index (κ1) is 15.6. The number of carbonyl (C=O) groups is 2. The predicted octanol–water partition coefficient (Wildman–Crippen LogP) is 1.92. The average molecular weight is 319 g/mol. The van der Waals surface area contributed by atoms with Gasteiger partial charge in [-0.05, 0) is 30.5 Å². The number of fused-ring (bicyclic) bond motifs is 1. The van der Waals surface area contributed by atoms with Crippen molar-refractivity contribution in [1.82, 2.24) is 5.32 Å². The van der Waals surface area contributed by atoms with Crippen LogP contribution in [0.4, 0.5) is 0 Å². The summed E-state index contributed by atoms with van der Waals surface area (Å²) in [7, 11) is 0. The number of carboxylic acid groups (broad SMARTS) is 1. The topological polar surface area (TPSA) is 84.9 Å². The zero-order valence-corrected chi connectivity index (χ0v) is 13.3. The molecular weight excluding hydrogens is 298 g/mol. The Morgan fingerprint density at radius 3 is 2.57 bits per heavy atom. The van der Waals surface area contributed by atoms with E-state index in [4.69, 9.17) is 14.6 Å². The molecule has 1 fully saturated rings. The molecule has 3 rings (SSSR count). The van der Waals surface area contributed by atoms with Crippen molar-refractivity contribution in [2.45, 2.75) is 32.1 Å². The minimum atomic E-state index is -0.883. The molecule has 1 heterocycles. The third kappa shape index (κ3) is 2.98. The molecule has 1 amide bonds. The first-order chi connectivity index (χ1) is 10.9. The van der Waals surface area contributed by atoms with Gasteiger partial charge < -0.3 is 19.9 Å². The van der Waals surface area contributed by atoms with Gasteiger partial charge in [-0.3, -0.25) is 9.59 Å². The Hall–Kier alpha value is -2.24. The molecule has 1 aromatic rings. The lowest BCUT2D eigenvalue weighted by Gasteiger charge is -2.33. The zero-order valence-electron chi connectivity index (χ0n) is 13.3. The highest BCUT2D eigenvalue weighted by Crippen LogP contribution is 2.37. The van der Waals surface area contributed by atoms with E-state index in [1.807, 2.05) is 32.0 Å². The second-order valence-electron chi connectivity index (χ2n) is 6.80. The van der Waals surface area contributed by atoms with Gasteiger partial charge in [0.25, 0.3) is 0 Å². The van der Waals surface area contributed by atoms with Crippen molar-refractivity contribution in [2.75, 3.05) is 13.3 Å². The van der Waals surface area contributed by atoms with E-state index in [9.17, 15) is 9.59 Å². The van der Waals surface area contributed by atoms with Crippen LogP contribution in [0.2, 0.25) is 0 Å². The average Bonchev–Trinajstić information content (AvgIpc) is 2.90. The molecule has 1 aliphatic heterocycles. The maximum atomic E-state index is 12.2. The van der Waals surface area contributed by atoms with Crippen molar-refractivity contribution in [2.24, 2.45) is 11.8 Å². The number of benzene rings is 1. The molecule has 1 saturated carbocycles. The first-order valence-corrected chi connectivity index (χ1v) is 7.79. The number of ether oxygens (including phenoxy) is 2. The van der Waals surface area contributed by atoms with Crippen molar-refractivity contribution in [3.8, 4) is 11.5 Å². The van der Waals surface area contributed by atoms with Gasteiger partial charge in [0.2, 0.25) is 12.7 Å². The summed E-state index contributed by atoms with van der Waals surface area (Å²) < 4.78 is 10.7. The van der Waals surface area contributed by atoms with Gasteiger partial charge in [-0.25, -0.2) is 0 Å². The molecule has 2 atom stereocenters. The molecule has 0 spiro atoms. The fourth-order valence-corrected chi connectivity index (χ4v) is 2.97. The van der Waals surface area contributed by atoms with Gasteiger partial charge in [-0.1, -0.05) is 19.9 Å². The maximum Gasteiger partial charge on any atom is 0.307 e. The fraction of sp³-hybridized carbons (Fsp3) is 0.529. The summed E-state index contributed by atoms with van der Waals surface area (Å²) in [5, 5.41) is 11.9. The molecule has 0 radical (unpaired) electrons. The maximum absolute atomic E-state index is 12.2. The lowest BCUT2D eigenvalue weighted by molar-refractivity contribution is -0.152. The second-order valence-corrected chi connectivity index (χ2v) is 6.80. The number of nitrogens with one attached hydrogen (secondary N) is 1. The number of amides is 1. The van der Waals surface area contributed by atoms with E-state index in [2.05, 4.69) is 5.32 Å². The summed E-state index contributed by atoms with van der Waals surface area (Å²) in [6.07, 6.45) is 1.23. The van der Waals surface area contributed by atoms with Crippen molar-refractivity contribution in [3.63, 3.8) is 0 Å². The lowest BCUT2D eigenvalue weighted by atomic mass is 9.73. The summed E-state index contributed by atoms with van der Waals surface area (Å²) in [6, 6.07) is 5.76. The number of carbonyl (C=O) groups excluding carboxylic acids is 1. The smallest absolute Gasteiger partial charge is 0.307 e. The third-order valence-electron chi connectivity index (χ3n) is 4.79. The number of aliphatic carboxylic acids is 1. The Kier molecular flexibility index (Phi) is 3.92. The Morgan fingerprint density at radius 1 is 1.22 bits per heavy atom. The van der Waals surface area contributed by atoms with E-state index < -0.39 is 17.8 Å². The molecule has 0 saturated heterocycles. The monoisotopic (exact) mass is 319 g/mol. The molecule has 23 heavy (non-hydrogen) atoms. The molecule has 6 nitrogen and oxygen atoms in total. The minimum absolute atomic E-state index is 0.169. The lowest BCUT2D eigenvalue weighted by Crippen LogP contribution is -2.47. The summed E-state index contributed by atoms with van der Waals surface area (Å²) in [6.45, 7) is 4.73. The molecule has 1 aromatic carbocycles. The second kappa shape index (κ2) is 5.76. The van der Waals surface area contributed by atoms with Crippen LogP contribution in [0, 0.1) is 11.8 Å². The molecule has 0 bridgehead atoms. The van der Waals surface area contributed by atoms with Gasteiger partial charge >= 0.3 is 5.97 Å². The quantitative estimate of drug-likeness (QED) is 0.866. The van der Waals surface area contributed by atoms with Crippen LogP contribution in [0.1, 0.15) is 32.3 Å².